The van der Waals surface area contributed by atoms with Crippen molar-refractivity contribution in [2.24, 2.45) is 7.05 Å². The minimum Gasteiger partial charge on any atom is -0.488 e. The molecular formula is C22H24F2N8O. The van der Waals surface area contributed by atoms with E-state index in [4.69, 9.17) is 4.74 Å². The van der Waals surface area contributed by atoms with Crippen LogP contribution in [0.4, 0.5) is 20.4 Å². The van der Waals surface area contributed by atoms with Gasteiger partial charge in [0, 0.05) is 42.7 Å². The predicted molar refractivity (Wildman–Crippen MR) is 119 cm³/mol. The molecule has 0 aromatic carbocycles. The van der Waals surface area contributed by atoms with E-state index in [9.17, 15) is 8.78 Å². The Hall–Kier alpha value is -3.60. The fourth-order valence-corrected chi connectivity index (χ4v) is 3.91. The van der Waals surface area contributed by atoms with Crippen LogP contribution in [0.1, 0.15) is 24.4 Å². The van der Waals surface area contributed by atoms with Crippen LogP contribution in [0.2, 0.25) is 0 Å². The number of hydrogen-bond acceptors (Lipinski definition) is 7. The Balaban J connectivity index is 1.40. The minimum absolute atomic E-state index is 0.268. The third kappa shape index (κ3) is 4.23. The molecule has 0 unspecified atom stereocenters. The maximum Gasteiger partial charge on any atom is 0.297 e. The van der Waals surface area contributed by atoms with Crippen LogP contribution in [0.25, 0.3) is 16.8 Å². The first-order valence-electron chi connectivity index (χ1n) is 10.6. The standard InChI is InChI=1S/C22H24F2N8O/c1-13-8-18(28-22(26-13)21(23)24)27-19-10-16-9-14(4-7-32(16)29-19)20-17(11-25-31(20)3)33-12-15-5-6-30(15)2/h4,7-11,15,21H,5-6,12H2,1-3H3,(H,26,27,28,29)/t15-/m1/s1. The number of ether oxygens (including phenoxy) is 1. The van der Waals surface area contributed by atoms with Crippen LogP contribution >= 0.6 is 0 Å². The molecule has 0 amide bonds. The van der Waals surface area contributed by atoms with E-state index in [-0.39, 0.29) is 5.82 Å². The second-order valence-corrected chi connectivity index (χ2v) is 8.21. The average Bonchev–Trinajstić information content (AvgIpc) is 3.34. The molecule has 1 N–H and O–H groups in total. The number of aryl methyl sites for hydroxylation is 2. The van der Waals surface area contributed by atoms with Gasteiger partial charge in [-0.25, -0.2) is 23.3 Å². The molecule has 0 bridgehead atoms. The van der Waals surface area contributed by atoms with Crippen LogP contribution < -0.4 is 10.1 Å². The van der Waals surface area contributed by atoms with E-state index in [1.807, 2.05) is 31.4 Å². The van der Waals surface area contributed by atoms with Crippen molar-refractivity contribution in [3.05, 3.63) is 48.2 Å². The van der Waals surface area contributed by atoms with Crippen molar-refractivity contribution < 1.29 is 13.5 Å². The molecular weight excluding hydrogens is 430 g/mol. The average molecular weight is 454 g/mol. The molecule has 4 aromatic rings. The lowest BCUT2D eigenvalue weighted by atomic mass is 10.1. The van der Waals surface area contributed by atoms with Crippen LogP contribution in [0, 0.1) is 6.92 Å². The third-order valence-electron chi connectivity index (χ3n) is 5.83. The number of nitrogens with one attached hydrogen (secondary N) is 1. The van der Waals surface area contributed by atoms with E-state index < -0.39 is 12.2 Å². The van der Waals surface area contributed by atoms with E-state index in [0.717, 1.165) is 35.5 Å². The van der Waals surface area contributed by atoms with Crippen LogP contribution in [-0.4, -0.2) is 60.5 Å². The number of pyridine rings is 1. The molecule has 1 atom stereocenters. The molecule has 0 radical (unpaired) electrons. The maximum atomic E-state index is 13.0. The summed E-state index contributed by atoms with van der Waals surface area (Å²) in [4.78, 5) is 9.91. The zero-order valence-electron chi connectivity index (χ0n) is 18.5. The van der Waals surface area contributed by atoms with Gasteiger partial charge >= 0.3 is 0 Å². The number of likely N-dealkylation sites (tertiary alicyclic amines) is 1. The Bertz CT molecular complexity index is 1300. The molecule has 11 heteroatoms. The molecule has 172 valence electrons. The van der Waals surface area contributed by atoms with Gasteiger partial charge in [-0.2, -0.15) is 10.2 Å². The fraction of sp³-hybridized carbons (Fsp3) is 0.364. The molecule has 1 fully saturated rings. The molecule has 1 saturated heterocycles. The van der Waals surface area contributed by atoms with Crippen molar-refractivity contribution in [1.29, 1.82) is 0 Å². The van der Waals surface area contributed by atoms with E-state index in [1.54, 1.807) is 28.4 Å². The van der Waals surface area contributed by atoms with Crippen molar-refractivity contribution in [2.75, 3.05) is 25.5 Å². The first-order chi connectivity index (χ1) is 15.9. The van der Waals surface area contributed by atoms with Gasteiger partial charge in [0.1, 0.15) is 18.1 Å². The largest absolute Gasteiger partial charge is 0.488 e. The monoisotopic (exact) mass is 454 g/mol. The van der Waals surface area contributed by atoms with Gasteiger partial charge in [0.2, 0.25) is 0 Å². The number of alkyl halides is 2. The topological polar surface area (TPSA) is 85.4 Å². The van der Waals surface area contributed by atoms with Gasteiger partial charge in [-0.3, -0.25) is 9.58 Å². The first-order valence-corrected chi connectivity index (χ1v) is 10.6. The van der Waals surface area contributed by atoms with Crippen LogP contribution in [0.15, 0.2) is 36.7 Å². The Morgan fingerprint density at radius 2 is 2.03 bits per heavy atom. The summed E-state index contributed by atoms with van der Waals surface area (Å²) in [5, 5.41) is 11.8. The van der Waals surface area contributed by atoms with E-state index in [1.165, 1.54) is 0 Å². The van der Waals surface area contributed by atoms with Crippen molar-refractivity contribution in [3.8, 4) is 17.0 Å². The highest BCUT2D eigenvalue weighted by atomic mass is 19.3. The first kappa shape index (κ1) is 21.3. The Labute approximate surface area is 189 Å². The molecule has 33 heavy (non-hydrogen) atoms. The molecule has 0 aliphatic carbocycles. The summed E-state index contributed by atoms with van der Waals surface area (Å²) >= 11 is 0. The van der Waals surface area contributed by atoms with E-state index in [0.29, 0.717) is 24.2 Å². The molecule has 0 saturated carbocycles. The quantitative estimate of drug-likeness (QED) is 0.457. The second kappa shape index (κ2) is 8.39. The Kier molecular flexibility index (Phi) is 5.41. The summed E-state index contributed by atoms with van der Waals surface area (Å²) < 4.78 is 35.6. The van der Waals surface area contributed by atoms with Crippen LogP contribution in [0.3, 0.4) is 0 Å². The Morgan fingerprint density at radius 1 is 1.18 bits per heavy atom. The number of aromatic nitrogens is 6. The van der Waals surface area contributed by atoms with Gasteiger partial charge in [-0.1, -0.05) is 0 Å². The highest BCUT2D eigenvalue weighted by Gasteiger charge is 2.25. The number of fused-ring (bicyclic) bond motifs is 1. The summed E-state index contributed by atoms with van der Waals surface area (Å²) in [7, 11) is 3.97. The Morgan fingerprint density at radius 3 is 2.76 bits per heavy atom. The summed E-state index contributed by atoms with van der Waals surface area (Å²) in [6.45, 7) is 3.36. The normalized spacial score (nSPS) is 16.4. The second-order valence-electron chi connectivity index (χ2n) is 8.21. The molecule has 4 aromatic heterocycles. The molecule has 1 aliphatic heterocycles. The highest BCUT2D eigenvalue weighted by molar-refractivity contribution is 5.72. The van der Waals surface area contributed by atoms with Gasteiger partial charge in [-0.05, 0) is 39.1 Å². The van der Waals surface area contributed by atoms with Crippen molar-refractivity contribution in [1.82, 2.24) is 34.3 Å². The molecule has 9 nitrogen and oxygen atoms in total. The van der Waals surface area contributed by atoms with Crippen molar-refractivity contribution >= 4 is 17.2 Å². The van der Waals surface area contributed by atoms with Crippen LogP contribution in [0.5, 0.6) is 5.75 Å². The number of nitrogens with zero attached hydrogens (tertiary/aromatic N) is 7. The van der Waals surface area contributed by atoms with Crippen molar-refractivity contribution in [3.63, 3.8) is 0 Å². The molecule has 0 spiro atoms. The van der Waals surface area contributed by atoms with Gasteiger partial charge in [0.15, 0.2) is 17.4 Å². The molecule has 5 rings (SSSR count). The van der Waals surface area contributed by atoms with Gasteiger partial charge in [0.05, 0.1) is 11.7 Å². The number of anilines is 2. The lowest BCUT2D eigenvalue weighted by Gasteiger charge is -2.37. The lowest BCUT2D eigenvalue weighted by molar-refractivity contribution is 0.0771. The SMILES string of the molecule is Cc1cc(Nc2cc3cc(-c4c(OC[C@H]5CCN5C)cnn4C)ccn3n2)nc(C(F)F)n1. The minimum atomic E-state index is -2.74. The number of likely N-dealkylation sites (N-methyl/N-ethyl adjacent to an activating group) is 1. The zero-order valence-corrected chi connectivity index (χ0v) is 18.5. The zero-order chi connectivity index (χ0) is 23.1. The number of halogens is 2. The van der Waals surface area contributed by atoms with E-state index in [2.05, 4.69) is 37.4 Å². The van der Waals surface area contributed by atoms with Crippen LogP contribution in [-0.2, 0) is 7.05 Å². The van der Waals surface area contributed by atoms with Gasteiger partial charge in [-0.15, -0.1) is 0 Å². The maximum absolute atomic E-state index is 13.0. The van der Waals surface area contributed by atoms with E-state index >= 15 is 0 Å². The summed E-state index contributed by atoms with van der Waals surface area (Å²) in [5.41, 5.74) is 3.08. The number of hydrogen-bond donors (Lipinski definition) is 1. The van der Waals surface area contributed by atoms with Gasteiger partial charge < -0.3 is 10.1 Å². The summed E-state index contributed by atoms with van der Waals surface area (Å²) in [6.07, 6.45) is 1.96. The smallest absolute Gasteiger partial charge is 0.297 e. The molecule has 5 heterocycles. The highest BCUT2D eigenvalue weighted by Crippen LogP contribution is 2.31. The summed E-state index contributed by atoms with van der Waals surface area (Å²) in [5.74, 6) is 0.973. The lowest BCUT2D eigenvalue weighted by Crippen LogP contribution is -2.48. The van der Waals surface area contributed by atoms with Gasteiger partial charge in [0.25, 0.3) is 6.43 Å². The predicted octanol–water partition coefficient (Wildman–Crippen LogP) is 3.60. The van der Waals surface area contributed by atoms with Crippen molar-refractivity contribution in [2.45, 2.75) is 25.8 Å². The molecule has 1 aliphatic rings. The fourth-order valence-electron chi connectivity index (χ4n) is 3.91. The number of rotatable bonds is 7. The third-order valence-corrected chi connectivity index (χ3v) is 5.83. The summed E-state index contributed by atoms with van der Waals surface area (Å²) in [6, 6.07) is 7.77.